The molecule has 0 aliphatic heterocycles. The predicted octanol–water partition coefficient (Wildman–Crippen LogP) is 6.08. The van der Waals surface area contributed by atoms with E-state index in [1.165, 1.54) is 19.1 Å². The molecule has 0 heterocycles. The van der Waals surface area contributed by atoms with Crippen molar-refractivity contribution in [3.8, 4) is 5.75 Å². The third kappa shape index (κ3) is 9.15. The van der Waals surface area contributed by atoms with Gasteiger partial charge < -0.3 is 14.8 Å². The first-order valence-electron chi connectivity index (χ1n) is 11.1. The molecular weight excluding hydrogens is 452 g/mol. The van der Waals surface area contributed by atoms with E-state index in [1.54, 1.807) is 57.2 Å². The lowest BCUT2D eigenvalue weighted by Crippen LogP contribution is -2.37. The van der Waals surface area contributed by atoms with Gasteiger partial charge in [0.2, 0.25) is 0 Å². The summed E-state index contributed by atoms with van der Waals surface area (Å²) in [4.78, 5) is 34.7. The van der Waals surface area contributed by atoms with Gasteiger partial charge in [-0.25, -0.2) is 4.79 Å². The number of esters is 1. The molecule has 0 aromatic heterocycles. The first kappa shape index (κ1) is 27.4. The Morgan fingerprint density at radius 2 is 1.49 bits per heavy atom. The van der Waals surface area contributed by atoms with Crippen LogP contribution in [0.5, 0.6) is 5.75 Å². The van der Waals surface area contributed by atoms with Gasteiger partial charge in [0, 0.05) is 19.1 Å². The molecule has 0 aliphatic carbocycles. The molecule has 2 atom stereocenters. The lowest BCUT2D eigenvalue weighted by molar-refractivity contribution is -0.384. The minimum atomic E-state index is -0.746. The Morgan fingerprint density at radius 1 is 0.943 bits per heavy atom. The van der Waals surface area contributed by atoms with Crippen molar-refractivity contribution in [3.05, 3.63) is 69.8 Å². The normalized spacial score (nSPS) is 13.7. The van der Waals surface area contributed by atoms with Gasteiger partial charge in [-0.15, -0.1) is 0 Å². The van der Waals surface area contributed by atoms with Crippen molar-refractivity contribution in [1.29, 1.82) is 0 Å². The van der Waals surface area contributed by atoms with Crippen LogP contribution in [-0.2, 0) is 9.53 Å². The second-order valence-electron chi connectivity index (χ2n) is 9.97. The molecule has 2 aromatic carbocycles. The molecule has 0 saturated carbocycles. The average Bonchev–Trinajstić information content (AvgIpc) is 2.71. The number of non-ortho nitro benzene ring substituents is 1. The molecule has 0 aliphatic rings. The predicted molar refractivity (Wildman–Crippen MR) is 130 cm³/mol. The molecule has 0 spiro atoms. The molecule has 2 rings (SSSR count). The zero-order valence-corrected chi connectivity index (χ0v) is 21.1. The first-order chi connectivity index (χ1) is 16.1. The third-order valence-electron chi connectivity index (χ3n) is 4.42. The molecular formula is C25H32N4O6. The Bertz CT molecular complexity index is 1070. The highest BCUT2D eigenvalue weighted by atomic mass is 16.6. The SMILES string of the molecule is CC(=O)Oc1ccc([C@@H](NC(=O)OC(C)(C)C)[C@@H](N=NC(C)(C)C)c2ccc([N+](=O)[O-])cc2)cc1. The number of ether oxygens (including phenoxy) is 2. The van der Waals surface area contributed by atoms with Crippen LogP contribution in [-0.4, -0.2) is 28.1 Å². The third-order valence-corrected chi connectivity index (χ3v) is 4.42. The smallest absolute Gasteiger partial charge is 0.408 e. The minimum absolute atomic E-state index is 0.0670. The number of carbonyl (C=O) groups excluding carboxylic acids is 2. The molecule has 0 saturated heterocycles. The van der Waals surface area contributed by atoms with E-state index >= 15 is 0 Å². The maximum absolute atomic E-state index is 12.8. The van der Waals surface area contributed by atoms with Gasteiger partial charge >= 0.3 is 12.1 Å². The van der Waals surface area contributed by atoms with Gasteiger partial charge in [-0.3, -0.25) is 14.9 Å². The number of hydrogen-bond donors (Lipinski definition) is 1. The molecule has 188 valence electrons. The highest BCUT2D eigenvalue weighted by Gasteiger charge is 2.30. The first-order valence-corrected chi connectivity index (χ1v) is 11.1. The summed E-state index contributed by atoms with van der Waals surface area (Å²) in [7, 11) is 0. The monoisotopic (exact) mass is 484 g/mol. The van der Waals surface area contributed by atoms with Crippen LogP contribution in [0, 0.1) is 10.1 Å². The molecule has 0 unspecified atom stereocenters. The van der Waals surface area contributed by atoms with Gasteiger partial charge in [0.25, 0.3) is 5.69 Å². The van der Waals surface area contributed by atoms with E-state index < -0.39 is 40.2 Å². The molecule has 0 bridgehead atoms. The highest BCUT2D eigenvalue weighted by molar-refractivity contribution is 5.70. The van der Waals surface area contributed by atoms with Crippen LogP contribution >= 0.6 is 0 Å². The van der Waals surface area contributed by atoms with E-state index in [4.69, 9.17) is 9.47 Å². The Labute approximate surface area is 204 Å². The van der Waals surface area contributed by atoms with Gasteiger partial charge in [-0.05, 0) is 76.9 Å². The zero-order chi connectivity index (χ0) is 26.4. The van der Waals surface area contributed by atoms with Crippen LogP contribution in [0.4, 0.5) is 10.5 Å². The summed E-state index contributed by atoms with van der Waals surface area (Å²) in [6, 6.07) is 11.1. The van der Waals surface area contributed by atoms with Gasteiger partial charge in [-0.1, -0.05) is 12.1 Å². The number of nitrogens with zero attached hydrogens (tertiary/aromatic N) is 3. The summed E-state index contributed by atoms with van der Waals surface area (Å²) in [5.74, 6) is -0.107. The van der Waals surface area contributed by atoms with Crippen LogP contribution in [0.15, 0.2) is 58.8 Å². The quantitative estimate of drug-likeness (QED) is 0.166. The lowest BCUT2D eigenvalue weighted by Gasteiger charge is -2.28. The van der Waals surface area contributed by atoms with Crippen molar-refractivity contribution >= 4 is 17.7 Å². The Hall–Kier alpha value is -3.82. The van der Waals surface area contributed by atoms with Crippen LogP contribution < -0.4 is 10.1 Å². The van der Waals surface area contributed by atoms with Crippen molar-refractivity contribution in [2.24, 2.45) is 10.2 Å². The number of benzene rings is 2. The number of hydrogen-bond acceptors (Lipinski definition) is 8. The molecule has 0 radical (unpaired) electrons. The van der Waals surface area contributed by atoms with E-state index in [0.29, 0.717) is 16.9 Å². The maximum atomic E-state index is 12.8. The number of azo groups is 1. The molecule has 1 N–H and O–H groups in total. The number of carbonyl (C=O) groups is 2. The molecule has 0 fully saturated rings. The fourth-order valence-electron chi connectivity index (χ4n) is 3.04. The zero-order valence-electron chi connectivity index (χ0n) is 21.1. The second-order valence-corrected chi connectivity index (χ2v) is 9.97. The van der Waals surface area contributed by atoms with E-state index in [2.05, 4.69) is 15.5 Å². The number of nitrogens with one attached hydrogen (secondary N) is 1. The van der Waals surface area contributed by atoms with Crippen LogP contribution in [0.3, 0.4) is 0 Å². The van der Waals surface area contributed by atoms with Crippen molar-refractivity contribution in [2.45, 2.75) is 71.7 Å². The Balaban J connectivity index is 2.57. The molecule has 1 amide bonds. The number of rotatable bonds is 7. The number of alkyl carbamates (subject to hydrolysis) is 1. The summed E-state index contributed by atoms with van der Waals surface area (Å²) < 4.78 is 10.6. The summed E-state index contributed by atoms with van der Waals surface area (Å²) in [6.45, 7) is 12.2. The maximum Gasteiger partial charge on any atom is 0.408 e. The molecule has 35 heavy (non-hydrogen) atoms. The van der Waals surface area contributed by atoms with Crippen LogP contribution in [0.25, 0.3) is 0 Å². The minimum Gasteiger partial charge on any atom is -0.444 e. The Morgan fingerprint density at radius 3 is 1.94 bits per heavy atom. The number of nitro benzene ring substituents is 1. The van der Waals surface area contributed by atoms with E-state index in [1.807, 2.05) is 20.8 Å². The van der Waals surface area contributed by atoms with Gasteiger partial charge in [0.15, 0.2) is 0 Å². The Kier molecular flexibility index (Phi) is 8.67. The topological polar surface area (TPSA) is 132 Å². The number of amides is 1. The van der Waals surface area contributed by atoms with Gasteiger partial charge in [0.1, 0.15) is 17.4 Å². The van der Waals surface area contributed by atoms with Crippen molar-refractivity contribution in [1.82, 2.24) is 5.32 Å². The lowest BCUT2D eigenvalue weighted by atomic mass is 9.93. The van der Waals surface area contributed by atoms with Gasteiger partial charge in [0.05, 0.1) is 16.5 Å². The fraction of sp³-hybridized carbons (Fsp3) is 0.440. The van der Waals surface area contributed by atoms with Crippen molar-refractivity contribution < 1.29 is 24.0 Å². The summed E-state index contributed by atoms with van der Waals surface area (Å²) in [5, 5.41) is 22.9. The van der Waals surface area contributed by atoms with E-state index in [9.17, 15) is 19.7 Å². The van der Waals surface area contributed by atoms with E-state index in [-0.39, 0.29) is 5.69 Å². The molecule has 10 nitrogen and oxygen atoms in total. The largest absolute Gasteiger partial charge is 0.444 e. The van der Waals surface area contributed by atoms with Crippen LogP contribution in [0.1, 0.15) is 71.7 Å². The molecule has 2 aromatic rings. The van der Waals surface area contributed by atoms with Crippen LogP contribution in [0.2, 0.25) is 0 Å². The number of nitro groups is 1. The second kappa shape index (κ2) is 11.1. The summed E-state index contributed by atoms with van der Waals surface area (Å²) in [6.07, 6.45) is -0.663. The van der Waals surface area contributed by atoms with E-state index in [0.717, 1.165) is 0 Å². The fourth-order valence-corrected chi connectivity index (χ4v) is 3.04. The standard InChI is InChI=1S/C25H32N4O6/c1-16(30)34-20-14-10-17(11-15-20)21(26-23(31)35-25(5,6)7)22(27-28-24(2,3)4)18-8-12-19(13-9-18)29(32)33/h8-15,21-22H,1-7H3,(H,26,31)/t21-,22+/m1/s1. The van der Waals surface area contributed by atoms with Gasteiger partial charge in [-0.2, -0.15) is 10.2 Å². The summed E-state index contributed by atoms with van der Waals surface area (Å²) in [5.41, 5.74) is -0.0579. The summed E-state index contributed by atoms with van der Waals surface area (Å²) >= 11 is 0. The van der Waals surface area contributed by atoms with Crippen molar-refractivity contribution in [3.63, 3.8) is 0 Å². The average molecular weight is 485 g/mol. The highest BCUT2D eigenvalue weighted by Crippen LogP contribution is 2.35. The molecule has 10 heteroatoms. The van der Waals surface area contributed by atoms with Crippen molar-refractivity contribution in [2.75, 3.05) is 0 Å².